The fraction of sp³-hybridized carbons (Fsp3) is 0.278. The monoisotopic (exact) mass is 281 g/mol. The summed E-state index contributed by atoms with van der Waals surface area (Å²) < 4.78 is 0. The van der Waals surface area contributed by atoms with Crippen LogP contribution in [0.1, 0.15) is 30.9 Å². The first-order valence-corrected chi connectivity index (χ1v) is 7.86. The van der Waals surface area contributed by atoms with E-state index in [-0.39, 0.29) is 0 Å². The molecule has 0 saturated heterocycles. The van der Waals surface area contributed by atoms with Crippen molar-refractivity contribution in [3.63, 3.8) is 0 Å². The van der Waals surface area contributed by atoms with Gasteiger partial charge in [-0.1, -0.05) is 55.4 Å². The SMILES string of the molecule is CCCCc1ccc(Sc2ccccc2CC#N)cc1. The Morgan fingerprint density at radius 2 is 1.80 bits per heavy atom. The van der Waals surface area contributed by atoms with Crippen LogP contribution in [0.5, 0.6) is 0 Å². The maximum absolute atomic E-state index is 8.87. The van der Waals surface area contributed by atoms with Crippen molar-refractivity contribution in [3.05, 3.63) is 59.7 Å². The maximum Gasteiger partial charge on any atom is 0.0670 e. The highest BCUT2D eigenvalue weighted by Gasteiger charge is 2.03. The third-order valence-electron chi connectivity index (χ3n) is 3.21. The summed E-state index contributed by atoms with van der Waals surface area (Å²) in [5.74, 6) is 0. The summed E-state index contributed by atoms with van der Waals surface area (Å²) in [6.07, 6.45) is 4.11. The molecule has 0 heterocycles. The second kappa shape index (κ2) is 7.77. The quantitative estimate of drug-likeness (QED) is 0.722. The van der Waals surface area contributed by atoms with Crippen molar-refractivity contribution >= 4 is 11.8 Å². The molecule has 2 heteroatoms. The Hall–Kier alpha value is -1.72. The minimum absolute atomic E-state index is 0.470. The second-order valence-corrected chi connectivity index (χ2v) is 5.91. The van der Waals surface area contributed by atoms with Crippen LogP contribution in [0.4, 0.5) is 0 Å². The topological polar surface area (TPSA) is 23.8 Å². The number of benzene rings is 2. The number of nitriles is 1. The smallest absolute Gasteiger partial charge is 0.0670 e. The predicted molar refractivity (Wildman–Crippen MR) is 84.9 cm³/mol. The van der Waals surface area contributed by atoms with Gasteiger partial charge in [0.2, 0.25) is 0 Å². The molecule has 0 aliphatic heterocycles. The van der Waals surface area contributed by atoms with Gasteiger partial charge in [-0.15, -0.1) is 0 Å². The van der Waals surface area contributed by atoms with Crippen LogP contribution in [0.25, 0.3) is 0 Å². The molecule has 0 fully saturated rings. The molecule has 2 aromatic carbocycles. The lowest BCUT2D eigenvalue weighted by atomic mass is 10.1. The van der Waals surface area contributed by atoms with E-state index < -0.39 is 0 Å². The Morgan fingerprint density at radius 1 is 1.05 bits per heavy atom. The van der Waals surface area contributed by atoms with Crippen molar-refractivity contribution in [1.82, 2.24) is 0 Å². The molecule has 0 bridgehead atoms. The first kappa shape index (κ1) is 14.7. The Morgan fingerprint density at radius 3 is 2.50 bits per heavy atom. The normalized spacial score (nSPS) is 10.2. The van der Waals surface area contributed by atoms with E-state index >= 15 is 0 Å². The number of hydrogen-bond acceptors (Lipinski definition) is 2. The molecule has 0 aliphatic rings. The van der Waals surface area contributed by atoms with Crippen LogP contribution in [0.2, 0.25) is 0 Å². The maximum atomic E-state index is 8.87. The number of aryl methyl sites for hydroxylation is 1. The molecular weight excluding hydrogens is 262 g/mol. The molecule has 1 nitrogen and oxygen atoms in total. The third kappa shape index (κ3) is 4.15. The van der Waals surface area contributed by atoms with Crippen LogP contribution in [0, 0.1) is 11.3 Å². The van der Waals surface area contributed by atoms with Crippen LogP contribution in [-0.2, 0) is 12.8 Å². The predicted octanol–water partition coefficient (Wildman–Crippen LogP) is 5.25. The van der Waals surface area contributed by atoms with Gasteiger partial charge in [0.15, 0.2) is 0 Å². The summed E-state index contributed by atoms with van der Waals surface area (Å²) in [7, 11) is 0. The van der Waals surface area contributed by atoms with Crippen LogP contribution < -0.4 is 0 Å². The highest BCUT2D eigenvalue weighted by molar-refractivity contribution is 7.99. The van der Waals surface area contributed by atoms with E-state index in [1.54, 1.807) is 11.8 Å². The Balaban J connectivity index is 2.08. The van der Waals surface area contributed by atoms with Crippen molar-refractivity contribution in [2.75, 3.05) is 0 Å². The van der Waals surface area contributed by atoms with Crippen molar-refractivity contribution < 1.29 is 0 Å². The van der Waals surface area contributed by atoms with E-state index in [0.717, 1.165) is 12.0 Å². The van der Waals surface area contributed by atoms with Crippen molar-refractivity contribution in [2.45, 2.75) is 42.4 Å². The van der Waals surface area contributed by atoms with Crippen molar-refractivity contribution in [1.29, 1.82) is 5.26 Å². The zero-order valence-corrected chi connectivity index (χ0v) is 12.6. The van der Waals surface area contributed by atoms with E-state index in [4.69, 9.17) is 5.26 Å². The minimum atomic E-state index is 0.470. The van der Waals surface area contributed by atoms with Gasteiger partial charge in [0, 0.05) is 9.79 Å². The molecule has 0 aliphatic carbocycles. The number of nitrogens with zero attached hydrogens (tertiary/aromatic N) is 1. The number of rotatable bonds is 6. The molecule has 0 spiro atoms. The fourth-order valence-corrected chi connectivity index (χ4v) is 3.01. The molecule has 20 heavy (non-hydrogen) atoms. The van der Waals surface area contributed by atoms with Gasteiger partial charge in [0.05, 0.1) is 12.5 Å². The second-order valence-electron chi connectivity index (χ2n) is 4.79. The molecule has 0 atom stereocenters. The summed E-state index contributed by atoms with van der Waals surface area (Å²) in [5, 5.41) is 8.87. The first-order chi connectivity index (χ1) is 9.83. The van der Waals surface area contributed by atoms with Crippen LogP contribution in [0.15, 0.2) is 58.3 Å². The van der Waals surface area contributed by atoms with Gasteiger partial charge >= 0.3 is 0 Å². The van der Waals surface area contributed by atoms with Crippen molar-refractivity contribution in [3.8, 4) is 6.07 Å². The van der Waals surface area contributed by atoms with Crippen LogP contribution in [0.3, 0.4) is 0 Å². The minimum Gasteiger partial charge on any atom is -0.198 e. The van der Waals surface area contributed by atoms with Gasteiger partial charge in [0.25, 0.3) is 0 Å². The van der Waals surface area contributed by atoms with Crippen molar-refractivity contribution in [2.24, 2.45) is 0 Å². The molecule has 102 valence electrons. The molecule has 0 saturated carbocycles. The van der Waals surface area contributed by atoms with Gasteiger partial charge < -0.3 is 0 Å². The average molecular weight is 281 g/mol. The highest BCUT2D eigenvalue weighted by atomic mass is 32.2. The van der Waals surface area contributed by atoms with E-state index in [1.807, 2.05) is 18.2 Å². The van der Waals surface area contributed by atoms with Crippen LogP contribution in [-0.4, -0.2) is 0 Å². The Bertz CT molecular complexity index is 581. The molecule has 2 aromatic rings. The lowest BCUT2D eigenvalue weighted by Gasteiger charge is -2.07. The van der Waals surface area contributed by atoms with E-state index in [1.165, 1.54) is 28.2 Å². The Kier molecular flexibility index (Phi) is 5.70. The fourth-order valence-electron chi connectivity index (χ4n) is 2.07. The summed E-state index contributed by atoms with van der Waals surface area (Å²) >= 11 is 1.74. The molecule has 0 amide bonds. The zero-order valence-electron chi connectivity index (χ0n) is 11.8. The first-order valence-electron chi connectivity index (χ1n) is 7.05. The zero-order chi connectivity index (χ0) is 14.2. The molecule has 0 unspecified atom stereocenters. The van der Waals surface area contributed by atoms with E-state index in [0.29, 0.717) is 6.42 Å². The summed E-state index contributed by atoms with van der Waals surface area (Å²) in [4.78, 5) is 2.41. The van der Waals surface area contributed by atoms with Gasteiger partial charge in [-0.3, -0.25) is 0 Å². The largest absolute Gasteiger partial charge is 0.198 e. The van der Waals surface area contributed by atoms with E-state index in [2.05, 4.69) is 43.3 Å². The molecule has 0 radical (unpaired) electrons. The number of hydrogen-bond donors (Lipinski definition) is 0. The molecule has 2 rings (SSSR count). The highest BCUT2D eigenvalue weighted by Crippen LogP contribution is 2.30. The molecular formula is C18H19NS. The lowest BCUT2D eigenvalue weighted by molar-refractivity contribution is 0.794. The Labute approximate surface area is 125 Å². The lowest BCUT2D eigenvalue weighted by Crippen LogP contribution is -1.87. The summed E-state index contributed by atoms with van der Waals surface area (Å²) in [6.45, 7) is 2.22. The molecule has 0 aromatic heterocycles. The standard InChI is InChI=1S/C18H19NS/c1-2-3-6-15-9-11-17(12-10-15)20-18-8-5-4-7-16(18)13-14-19/h4-5,7-12H,2-3,6,13H2,1H3. The van der Waals surface area contributed by atoms with Crippen LogP contribution >= 0.6 is 11.8 Å². The van der Waals surface area contributed by atoms with Gasteiger partial charge in [0.1, 0.15) is 0 Å². The van der Waals surface area contributed by atoms with Gasteiger partial charge in [-0.2, -0.15) is 5.26 Å². The molecule has 0 N–H and O–H groups in total. The summed E-state index contributed by atoms with van der Waals surface area (Å²) in [5.41, 5.74) is 2.51. The average Bonchev–Trinajstić information content (AvgIpc) is 2.49. The van der Waals surface area contributed by atoms with Gasteiger partial charge in [-0.25, -0.2) is 0 Å². The summed E-state index contributed by atoms with van der Waals surface area (Å²) in [6, 6.07) is 19.1. The van der Waals surface area contributed by atoms with E-state index in [9.17, 15) is 0 Å². The van der Waals surface area contributed by atoms with Gasteiger partial charge in [-0.05, 0) is 42.2 Å². The third-order valence-corrected chi connectivity index (χ3v) is 4.34. The number of unbranched alkanes of at least 4 members (excludes halogenated alkanes) is 1.